The summed E-state index contributed by atoms with van der Waals surface area (Å²) in [5.74, 6) is -0.180. The number of amides is 1. The molecule has 2 aromatic rings. The van der Waals surface area contributed by atoms with Crippen LogP contribution in [0.5, 0.6) is 0 Å². The van der Waals surface area contributed by atoms with Gasteiger partial charge >= 0.3 is 0 Å². The molecule has 0 aliphatic rings. The third kappa shape index (κ3) is 6.87. The molecule has 0 fully saturated rings. The van der Waals surface area contributed by atoms with Crippen LogP contribution in [0, 0.1) is 0 Å². The van der Waals surface area contributed by atoms with E-state index in [9.17, 15) is 13.2 Å². The molecule has 7 heteroatoms. The summed E-state index contributed by atoms with van der Waals surface area (Å²) < 4.78 is 26.5. The van der Waals surface area contributed by atoms with Gasteiger partial charge in [0.2, 0.25) is 10.0 Å². The summed E-state index contributed by atoms with van der Waals surface area (Å²) in [4.78, 5) is 15.0. The van der Waals surface area contributed by atoms with Gasteiger partial charge in [-0.1, -0.05) is 57.2 Å². The highest BCUT2D eigenvalue weighted by Gasteiger charge is 2.19. The second-order valence-electron chi connectivity index (χ2n) is 6.86. The van der Waals surface area contributed by atoms with Crippen LogP contribution >= 0.6 is 0 Å². The Bertz CT molecular complexity index is 881. The third-order valence-electron chi connectivity index (χ3n) is 4.76. The fraction of sp³-hybridized carbons (Fsp3) is 0.409. The lowest BCUT2D eigenvalue weighted by Gasteiger charge is -2.30. The van der Waals surface area contributed by atoms with Crippen molar-refractivity contribution in [2.45, 2.75) is 33.2 Å². The molecule has 0 bridgehead atoms. The first-order valence-electron chi connectivity index (χ1n) is 10.1. The minimum Gasteiger partial charge on any atom is -0.350 e. The molecule has 1 amide bonds. The molecule has 1 atom stereocenters. The minimum absolute atomic E-state index is 0.0477. The van der Waals surface area contributed by atoms with Crippen molar-refractivity contribution >= 4 is 21.6 Å². The predicted molar refractivity (Wildman–Crippen MR) is 119 cm³/mol. The average molecular weight is 418 g/mol. The van der Waals surface area contributed by atoms with Gasteiger partial charge in [-0.15, -0.1) is 0 Å². The highest BCUT2D eigenvalue weighted by atomic mass is 32.2. The van der Waals surface area contributed by atoms with E-state index in [-0.39, 0.29) is 17.7 Å². The van der Waals surface area contributed by atoms with E-state index in [1.807, 2.05) is 25.1 Å². The molecule has 2 rings (SSSR count). The van der Waals surface area contributed by atoms with E-state index in [0.717, 1.165) is 18.7 Å². The van der Waals surface area contributed by atoms with Crippen LogP contribution in [0.15, 0.2) is 54.6 Å². The second kappa shape index (κ2) is 11.0. The van der Waals surface area contributed by atoms with Crippen LogP contribution in [0.4, 0.5) is 5.69 Å². The van der Waals surface area contributed by atoms with Gasteiger partial charge in [0.1, 0.15) is 0 Å². The number of nitrogens with zero attached hydrogens (tertiary/aromatic N) is 1. The molecule has 0 spiro atoms. The van der Waals surface area contributed by atoms with Gasteiger partial charge in [-0.25, -0.2) is 8.42 Å². The smallest absolute Gasteiger partial charge is 0.251 e. The third-order valence-corrected chi connectivity index (χ3v) is 6.26. The highest BCUT2D eigenvalue weighted by molar-refractivity contribution is 7.92. The van der Waals surface area contributed by atoms with Gasteiger partial charge in [-0.2, -0.15) is 0 Å². The van der Waals surface area contributed by atoms with Gasteiger partial charge in [0.05, 0.1) is 11.8 Å². The van der Waals surface area contributed by atoms with E-state index in [1.54, 1.807) is 24.3 Å². The average Bonchev–Trinajstić information content (AvgIpc) is 2.71. The Morgan fingerprint density at radius 2 is 1.69 bits per heavy atom. The number of hydrogen-bond donors (Lipinski definition) is 2. The number of benzene rings is 2. The van der Waals surface area contributed by atoms with E-state index in [1.165, 1.54) is 0 Å². The summed E-state index contributed by atoms with van der Waals surface area (Å²) in [5, 5.41) is 3.00. The Morgan fingerprint density at radius 1 is 1.00 bits per heavy atom. The second-order valence-corrected chi connectivity index (χ2v) is 8.70. The van der Waals surface area contributed by atoms with Crippen molar-refractivity contribution in [2.24, 2.45) is 0 Å². The number of likely N-dealkylation sites (N-methyl/N-ethyl adjacent to an activating group) is 1. The first-order chi connectivity index (χ1) is 13.9. The first kappa shape index (κ1) is 22.9. The lowest BCUT2D eigenvalue weighted by atomic mass is 10.0. The minimum atomic E-state index is -3.40. The molecule has 0 saturated carbocycles. The topological polar surface area (TPSA) is 78.5 Å². The number of anilines is 1. The summed E-state index contributed by atoms with van der Waals surface area (Å²) in [7, 11) is -3.40. The fourth-order valence-corrected chi connectivity index (χ4v) is 4.44. The van der Waals surface area contributed by atoms with E-state index in [4.69, 9.17) is 0 Å². The van der Waals surface area contributed by atoms with Crippen LogP contribution in [0.3, 0.4) is 0 Å². The number of carbonyl (C=O) groups excluding carboxylic acids is 1. The van der Waals surface area contributed by atoms with Crippen LogP contribution in [-0.4, -0.2) is 44.6 Å². The SMILES string of the molecule is CCCS(=O)(=O)Nc1cccc(C(=O)NCC(c2ccccc2)N(CC)CC)c1. The number of hydrogen-bond acceptors (Lipinski definition) is 4. The van der Waals surface area contributed by atoms with Crippen LogP contribution in [0.2, 0.25) is 0 Å². The Kier molecular flexibility index (Phi) is 8.67. The lowest BCUT2D eigenvalue weighted by Crippen LogP contribution is -2.38. The van der Waals surface area contributed by atoms with Crippen molar-refractivity contribution in [2.75, 3.05) is 30.1 Å². The standard InChI is InChI=1S/C22H31N3O3S/c1-4-15-29(27,28)24-20-14-10-13-19(16-20)22(26)23-17-21(25(5-2)6-3)18-11-8-7-9-12-18/h7-14,16,21,24H,4-6,15,17H2,1-3H3,(H,23,26). The Labute approximate surface area is 174 Å². The van der Waals surface area contributed by atoms with E-state index in [2.05, 4.69) is 40.9 Å². The zero-order chi connectivity index (χ0) is 21.3. The molecule has 0 aromatic heterocycles. The van der Waals surface area contributed by atoms with Crippen LogP contribution in [-0.2, 0) is 10.0 Å². The molecule has 6 nitrogen and oxygen atoms in total. The maximum absolute atomic E-state index is 12.7. The quantitative estimate of drug-likeness (QED) is 0.585. The van der Waals surface area contributed by atoms with E-state index >= 15 is 0 Å². The van der Waals surface area contributed by atoms with Crippen molar-refractivity contribution in [3.63, 3.8) is 0 Å². The molecule has 0 aliphatic carbocycles. The number of nitrogens with one attached hydrogen (secondary N) is 2. The molecular formula is C22H31N3O3S. The van der Waals surface area contributed by atoms with E-state index in [0.29, 0.717) is 24.2 Å². The maximum Gasteiger partial charge on any atom is 0.251 e. The van der Waals surface area contributed by atoms with Crippen molar-refractivity contribution in [3.8, 4) is 0 Å². The first-order valence-corrected chi connectivity index (χ1v) is 11.7. The van der Waals surface area contributed by atoms with Crippen LogP contribution in [0.1, 0.15) is 49.2 Å². The molecule has 1 unspecified atom stereocenters. The van der Waals surface area contributed by atoms with Crippen LogP contribution in [0.25, 0.3) is 0 Å². The monoisotopic (exact) mass is 417 g/mol. The Hall–Kier alpha value is -2.38. The Morgan fingerprint density at radius 3 is 2.31 bits per heavy atom. The Balaban J connectivity index is 2.11. The summed E-state index contributed by atoms with van der Waals surface area (Å²) in [6.07, 6.45) is 0.530. The molecule has 0 heterocycles. The highest BCUT2D eigenvalue weighted by Crippen LogP contribution is 2.20. The number of carbonyl (C=O) groups is 1. The van der Waals surface area contributed by atoms with Crippen molar-refractivity contribution < 1.29 is 13.2 Å². The lowest BCUT2D eigenvalue weighted by molar-refractivity contribution is 0.0935. The van der Waals surface area contributed by atoms with E-state index < -0.39 is 10.0 Å². The summed E-state index contributed by atoms with van der Waals surface area (Å²) >= 11 is 0. The summed E-state index contributed by atoms with van der Waals surface area (Å²) in [5.41, 5.74) is 1.97. The van der Waals surface area contributed by atoms with Gasteiger partial charge in [0.25, 0.3) is 5.91 Å². The van der Waals surface area contributed by atoms with Gasteiger partial charge in [-0.3, -0.25) is 14.4 Å². The summed E-state index contributed by atoms with van der Waals surface area (Å²) in [6, 6.07) is 16.8. The number of sulfonamides is 1. The van der Waals surface area contributed by atoms with Crippen molar-refractivity contribution in [1.82, 2.24) is 10.2 Å². The van der Waals surface area contributed by atoms with Gasteiger partial charge < -0.3 is 5.32 Å². The normalized spacial score (nSPS) is 12.6. The van der Waals surface area contributed by atoms with Crippen LogP contribution < -0.4 is 10.0 Å². The largest absolute Gasteiger partial charge is 0.350 e. The molecule has 2 N–H and O–H groups in total. The predicted octanol–water partition coefficient (Wildman–Crippen LogP) is 3.65. The van der Waals surface area contributed by atoms with Crippen molar-refractivity contribution in [3.05, 3.63) is 65.7 Å². The molecule has 0 saturated heterocycles. The summed E-state index contributed by atoms with van der Waals surface area (Å²) in [6.45, 7) is 8.24. The maximum atomic E-state index is 12.7. The molecule has 2 aromatic carbocycles. The fourth-order valence-electron chi connectivity index (χ4n) is 3.31. The van der Waals surface area contributed by atoms with Gasteiger partial charge in [-0.05, 0) is 43.3 Å². The van der Waals surface area contributed by atoms with Crippen molar-refractivity contribution in [1.29, 1.82) is 0 Å². The molecule has 0 aliphatic heterocycles. The zero-order valence-electron chi connectivity index (χ0n) is 17.4. The zero-order valence-corrected chi connectivity index (χ0v) is 18.2. The van der Waals surface area contributed by atoms with Gasteiger partial charge in [0.15, 0.2) is 0 Å². The number of rotatable bonds is 11. The molecule has 158 valence electrons. The molecule has 29 heavy (non-hydrogen) atoms. The molecule has 0 radical (unpaired) electrons. The molecular weight excluding hydrogens is 386 g/mol. The van der Waals surface area contributed by atoms with Gasteiger partial charge in [0, 0.05) is 17.8 Å².